The molecule has 16 heavy (non-hydrogen) atoms. The van der Waals surface area contributed by atoms with Crippen molar-refractivity contribution in [1.29, 1.82) is 0 Å². The van der Waals surface area contributed by atoms with E-state index in [4.69, 9.17) is 0 Å². The summed E-state index contributed by atoms with van der Waals surface area (Å²) < 4.78 is 35.4. The number of hydrogen-bond donors (Lipinski definition) is 3. The molecule has 0 aromatic rings. The highest BCUT2D eigenvalue weighted by Gasteiger charge is 2.25. The van der Waals surface area contributed by atoms with Gasteiger partial charge in [-0.05, 0) is 25.8 Å². The maximum Gasteiger partial charge on any atom is 0.389 e. The van der Waals surface area contributed by atoms with Gasteiger partial charge in [0.1, 0.15) is 0 Å². The summed E-state index contributed by atoms with van der Waals surface area (Å²) in [5.41, 5.74) is 0. The molecule has 0 bridgehead atoms. The molecule has 0 aromatic carbocycles. The minimum absolute atomic E-state index is 0.178. The van der Waals surface area contributed by atoms with Crippen molar-refractivity contribution in [2.75, 3.05) is 19.6 Å². The molecule has 0 spiro atoms. The van der Waals surface area contributed by atoms with Gasteiger partial charge in [-0.25, -0.2) is 0 Å². The zero-order valence-electron chi connectivity index (χ0n) is 9.19. The summed E-state index contributed by atoms with van der Waals surface area (Å²) in [6, 6.07) is 0.248. The van der Waals surface area contributed by atoms with Crippen LogP contribution < -0.4 is 10.6 Å². The molecule has 3 N–H and O–H groups in total. The maximum absolute atomic E-state index is 11.8. The summed E-state index contributed by atoms with van der Waals surface area (Å²) in [7, 11) is 0. The van der Waals surface area contributed by atoms with Crippen LogP contribution in [0, 0.1) is 0 Å². The first kappa shape index (κ1) is 13.7. The number of unbranched alkanes of at least 4 members (excludes halogenated alkanes) is 1. The van der Waals surface area contributed by atoms with Gasteiger partial charge in [-0.1, -0.05) is 0 Å². The highest BCUT2D eigenvalue weighted by atomic mass is 19.4. The third-order valence-electron chi connectivity index (χ3n) is 2.65. The third-order valence-corrected chi connectivity index (χ3v) is 2.65. The van der Waals surface area contributed by atoms with Crippen LogP contribution in [0.1, 0.15) is 25.7 Å². The highest BCUT2D eigenvalue weighted by molar-refractivity contribution is 4.82. The first-order valence-corrected chi connectivity index (χ1v) is 5.66. The fourth-order valence-electron chi connectivity index (χ4n) is 1.81. The zero-order chi connectivity index (χ0) is 12.0. The monoisotopic (exact) mass is 240 g/mol. The lowest BCUT2D eigenvalue weighted by atomic mass is 10.2. The predicted octanol–water partition coefficient (Wildman–Crippen LogP) is 1.03. The first-order valence-electron chi connectivity index (χ1n) is 5.66. The Bertz CT molecular complexity index is 199. The van der Waals surface area contributed by atoms with Gasteiger partial charge < -0.3 is 15.7 Å². The summed E-state index contributed by atoms with van der Waals surface area (Å²) >= 11 is 0. The van der Waals surface area contributed by atoms with Crippen molar-refractivity contribution in [2.24, 2.45) is 0 Å². The zero-order valence-corrected chi connectivity index (χ0v) is 9.19. The molecule has 1 aliphatic heterocycles. The number of halogens is 3. The van der Waals surface area contributed by atoms with Gasteiger partial charge in [0, 0.05) is 25.6 Å². The largest absolute Gasteiger partial charge is 0.392 e. The highest BCUT2D eigenvalue weighted by Crippen LogP contribution is 2.21. The van der Waals surface area contributed by atoms with Gasteiger partial charge >= 0.3 is 6.18 Å². The van der Waals surface area contributed by atoms with E-state index < -0.39 is 12.6 Å². The molecule has 1 saturated heterocycles. The molecule has 1 rings (SSSR count). The van der Waals surface area contributed by atoms with E-state index in [1.54, 1.807) is 0 Å². The Morgan fingerprint density at radius 1 is 1.31 bits per heavy atom. The summed E-state index contributed by atoms with van der Waals surface area (Å²) in [5, 5.41) is 15.4. The predicted molar refractivity (Wildman–Crippen MR) is 55.2 cm³/mol. The van der Waals surface area contributed by atoms with E-state index in [0.717, 1.165) is 6.42 Å². The molecule has 3 nitrogen and oxygen atoms in total. The van der Waals surface area contributed by atoms with E-state index in [1.807, 2.05) is 0 Å². The van der Waals surface area contributed by atoms with Crippen LogP contribution in [0.5, 0.6) is 0 Å². The van der Waals surface area contributed by atoms with Crippen LogP contribution in [0.3, 0.4) is 0 Å². The van der Waals surface area contributed by atoms with E-state index >= 15 is 0 Å². The molecule has 2 atom stereocenters. The Morgan fingerprint density at radius 2 is 2.06 bits per heavy atom. The van der Waals surface area contributed by atoms with Crippen molar-refractivity contribution >= 4 is 0 Å². The number of aliphatic hydroxyl groups is 1. The van der Waals surface area contributed by atoms with Gasteiger partial charge in [0.15, 0.2) is 0 Å². The molecule has 96 valence electrons. The Labute approximate surface area is 93.4 Å². The van der Waals surface area contributed by atoms with Gasteiger partial charge in [0.2, 0.25) is 0 Å². The molecule has 1 fully saturated rings. The normalized spacial score (nSPS) is 26.2. The summed E-state index contributed by atoms with van der Waals surface area (Å²) in [6.45, 7) is 1.92. The van der Waals surface area contributed by atoms with Gasteiger partial charge in [-0.15, -0.1) is 0 Å². The van der Waals surface area contributed by atoms with Crippen molar-refractivity contribution in [1.82, 2.24) is 10.6 Å². The Morgan fingerprint density at radius 3 is 2.62 bits per heavy atom. The van der Waals surface area contributed by atoms with E-state index in [0.29, 0.717) is 26.1 Å². The van der Waals surface area contributed by atoms with Crippen LogP contribution in [0.15, 0.2) is 0 Å². The fourth-order valence-corrected chi connectivity index (χ4v) is 1.81. The summed E-state index contributed by atoms with van der Waals surface area (Å²) in [6.07, 6.45) is -3.58. The van der Waals surface area contributed by atoms with Crippen molar-refractivity contribution < 1.29 is 18.3 Å². The summed E-state index contributed by atoms with van der Waals surface area (Å²) in [5.74, 6) is 0. The van der Waals surface area contributed by atoms with Gasteiger partial charge in [0.25, 0.3) is 0 Å². The molecule has 1 heterocycles. The molecule has 6 heteroatoms. The minimum atomic E-state index is -4.03. The number of rotatable bonds is 6. The SMILES string of the molecule is OC1CNC(CNCCCCC(F)(F)F)C1. The van der Waals surface area contributed by atoms with Crippen LogP contribution in [-0.4, -0.2) is 43.1 Å². The lowest BCUT2D eigenvalue weighted by molar-refractivity contribution is -0.135. The average Bonchev–Trinajstić information content (AvgIpc) is 2.56. The fraction of sp³-hybridized carbons (Fsp3) is 1.00. The van der Waals surface area contributed by atoms with Gasteiger partial charge in [0.05, 0.1) is 6.10 Å². The molecular formula is C10H19F3N2O. The lowest BCUT2D eigenvalue weighted by Gasteiger charge is -2.11. The van der Waals surface area contributed by atoms with Crippen molar-refractivity contribution in [3.63, 3.8) is 0 Å². The number of nitrogens with one attached hydrogen (secondary N) is 2. The standard InChI is InChI=1S/C10H19F3N2O/c11-10(12,13)3-1-2-4-14-6-8-5-9(16)7-15-8/h8-9,14-16H,1-7H2. The molecule has 0 saturated carbocycles. The van der Waals surface area contributed by atoms with Crippen LogP contribution >= 0.6 is 0 Å². The van der Waals surface area contributed by atoms with Crippen LogP contribution in [0.25, 0.3) is 0 Å². The van der Waals surface area contributed by atoms with Gasteiger partial charge in [-0.2, -0.15) is 13.2 Å². The number of aliphatic hydroxyl groups excluding tert-OH is 1. The number of alkyl halides is 3. The number of β-amino-alcohol motifs (C(OH)–C–C–N with tert-alkyl or cyclic N) is 1. The van der Waals surface area contributed by atoms with E-state index in [1.165, 1.54) is 0 Å². The topological polar surface area (TPSA) is 44.3 Å². The molecule has 2 unspecified atom stereocenters. The molecule has 0 aromatic heterocycles. The van der Waals surface area contributed by atoms with E-state index in [2.05, 4.69) is 10.6 Å². The molecule has 0 amide bonds. The smallest absolute Gasteiger partial charge is 0.389 e. The lowest BCUT2D eigenvalue weighted by Crippen LogP contribution is -2.34. The number of hydrogen-bond acceptors (Lipinski definition) is 3. The first-order chi connectivity index (χ1) is 7.47. The van der Waals surface area contributed by atoms with Crippen LogP contribution in [0.4, 0.5) is 13.2 Å². The average molecular weight is 240 g/mol. The third kappa shape index (κ3) is 6.30. The second kappa shape index (κ2) is 6.42. The molecule has 1 aliphatic rings. The maximum atomic E-state index is 11.8. The molecular weight excluding hydrogens is 221 g/mol. The van der Waals surface area contributed by atoms with Crippen molar-refractivity contribution in [2.45, 2.75) is 44.0 Å². The Balaban J connectivity index is 1.89. The quantitative estimate of drug-likeness (QED) is 0.608. The minimum Gasteiger partial charge on any atom is -0.392 e. The molecule has 0 aliphatic carbocycles. The van der Waals surface area contributed by atoms with E-state index in [-0.39, 0.29) is 18.6 Å². The second-order valence-corrected chi connectivity index (χ2v) is 4.27. The molecule has 0 radical (unpaired) electrons. The Hall–Kier alpha value is -0.330. The second-order valence-electron chi connectivity index (χ2n) is 4.27. The van der Waals surface area contributed by atoms with Crippen LogP contribution in [0.2, 0.25) is 0 Å². The summed E-state index contributed by atoms with van der Waals surface area (Å²) in [4.78, 5) is 0. The van der Waals surface area contributed by atoms with Crippen molar-refractivity contribution in [3.8, 4) is 0 Å². The van der Waals surface area contributed by atoms with Crippen molar-refractivity contribution in [3.05, 3.63) is 0 Å². The Kier molecular flexibility index (Phi) is 5.51. The van der Waals surface area contributed by atoms with Crippen LogP contribution in [-0.2, 0) is 0 Å². The van der Waals surface area contributed by atoms with E-state index in [9.17, 15) is 18.3 Å². The van der Waals surface area contributed by atoms with Gasteiger partial charge in [-0.3, -0.25) is 0 Å².